The summed E-state index contributed by atoms with van der Waals surface area (Å²) in [5, 5.41) is 0. The average molecular weight is 307 g/mol. The minimum Gasteiger partial charge on any atom is -0.493 e. The molecule has 0 N–H and O–H groups in total. The molecule has 2 aromatic carbocycles. The highest BCUT2D eigenvalue weighted by atomic mass is 79.9. The second-order valence-corrected chi connectivity index (χ2v) is 4.88. The lowest BCUT2D eigenvalue weighted by Crippen LogP contribution is -1.98. The van der Waals surface area contributed by atoms with Crippen molar-refractivity contribution >= 4 is 15.9 Å². The monoisotopic (exact) mass is 306 g/mol. The number of rotatable bonds is 4. The van der Waals surface area contributed by atoms with E-state index in [2.05, 4.69) is 15.9 Å². The van der Waals surface area contributed by atoms with Crippen LogP contribution in [0.25, 0.3) is 0 Å². The Morgan fingerprint density at radius 3 is 2.44 bits per heavy atom. The van der Waals surface area contributed by atoms with Crippen LogP contribution in [-0.2, 0) is 6.61 Å². The number of methoxy groups -OCH3 is 1. The van der Waals surface area contributed by atoms with E-state index in [4.69, 9.17) is 9.47 Å². The van der Waals surface area contributed by atoms with Gasteiger partial charge in [0, 0.05) is 4.47 Å². The lowest BCUT2D eigenvalue weighted by Gasteiger charge is -2.12. The van der Waals surface area contributed by atoms with Crippen LogP contribution in [0.5, 0.6) is 11.5 Å². The van der Waals surface area contributed by atoms with Gasteiger partial charge in [0.05, 0.1) is 7.11 Å². The SMILES string of the molecule is COc1cc(C)c(Br)cc1OCc1ccccc1. The van der Waals surface area contributed by atoms with E-state index in [1.54, 1.807) is 7.11 Å². The topological polar surface area (TPSA) is 18.5 Å². The number of aryl methyl sites for hydroxylation is 1. The molecule has 0 heterocycles. The van der Waals surface area contributed by atoms with Crippen molar-refractivity contribution in [3.63, 3.8) is 0 Å². The molecule has 0 aliphatic heterocycles. The van der Waals surface area contributed by atoms with Gasteiger partial charge in [-0.25, -0.2) is 0 Å². The first-order chi connectivity index (χ1) is 8.70. The third kappa shape index (κ3) is 3.05. The number of halogens is 1. The van der Waals surface area contributed by atoms with Gasteiger partial charge < -0.3 is 9.47 Å². The Hall–Kier alpha value is -1.48. The lowest BCUT2D eigenvalue weighted by molar-refractivity contribution is 0.284. The summed E-state index contributed by atoms with van der Waals surface area (Å²) in [4.78, 5) is 0. The van der Waals surface area contributed by atoms with E-state index in [1.165, 1.54) is 0 Å². The smallest absolute Gasteiger partial charge is 0.162 e. The van der Waals surface area contributed by atoms with Gasteiger partial charge in [-0.3, -0.25) is 0 Å². The summed E-state index contributed by atoms with van der Waals surface area (Å²) in [5.41, 5.74) is 2.26. The first kappa shape index (κ1) is 13.0. The summed E-state index contributed by atoms with van der Waals surface area (Å²) in [7, 11) is 1.65. The molecule has 0 amide bonds. The standard InChI is InChI=1S/C15H15BrO2/c1-11-8-14(17-2)15(9-13(11)16)18-10-12-6-4-3-5-7-12/h3-9H,10H2,1-2H3. The average Bonchev–Trinajstić information content (AvgIpc) is 2.41. The molecule has 18 heavy (non-hydrogen) atoms. The summed E-state index contributed by atoms with van der Waals surface area (Å²) >= 11 is 3.50. The van der Waals surface area contributed by atoms with Crippen LogP contribution in [-0.4, -0.2) is 7.11 Å². The number of ether oxygens (including phenoxy) is 2. The van der Waals surface area contributed by atoms with Crippen molar-refractivity contribution in [2.75, 3.05) is 7.11 Å². The van der Waals surface area contributed by atoms with E-state index in [1.807, 2.05) is 49.4 Å². The molecule has 2 rings (SSSR count). The fourth-order valence-corrected chi connectivity index (χ4v) is 1.97. The van der Waals surface area contributed by atoms with E-state index in [9.17, 15) is 0 Å². The molecule has 3 heteroatoms. The third-order valence-corrected chi connectivity index (χ3v) is 3.54. The molecule has 0 saturated carbocycles. The van der Waals surface area contributed by atoms with Crippen LogP contribution in [0.1, 0.15) is 11.1 Å². The van der Waals surface area contributed by atoms with Crippen LogP contribution in [0.15, 0.2) is 46.9 Å². The largest absolute Gasteiger partial charge is 0.493 e. The van der Waals surface area contributed by atoms with Crippen molar-refractivity contribution in [3.05, 3.63) is 58.1 Å². The summed E-state index contributed by atoms with van der Waals surface area (Å²) in [6.45, 7) is 2.56. The summed E-state index contributed by atoms with van der Waals surface area (Å²) in [5.74, 6) is 1.51. The molecule has 0 bridgehead atoms. The van der Waals surface area contributed by atoms with E-state index in [-0.39, 0.29) is 0 Å². The highest BCUT2D eigenvalue weighted by Gasteiger charge is 2.08. The molecule has 94 valence electrons. The van der Waals surface area contributed by atoms with E-state index in [0.29, 0.717) is 6.61 Å². The van der Waals surface area contributed by atoms with E-state index in [0.717, 1.165) is 27.1 Å². The van der Waals surface area contributed by atoms with Gasteiger partial charge in [-0.1, -0.05) is 46.3 Å². The number of benzene rings is 2. The van der Waals surface area contributed by atoms with Crippen LogP contribution in [0.2, 0.25) is 0 Å². The third-order valence-electron chi connectivity index (χ3n) is 2.68. The quantitative estimate of drug-likeness (QED) is 0.836. The molecule has 0 atom stereocenters. The molecule has 0 radical (unpaired) electrons. The Labute approximate surface area is 116 Å². The Balaban J connectivity index is 2.16. The van der Waals surface area contributed by atoms with Crippen LogP contribution < -0.4 is 9.47 Å². The summed E-state index contributed by atoms with van der Waals surface area (Å²) < 4.78 is 12.1. The van der Waals surface area contributed by atoms with Gasteiger partial charge in [0.2, 0.25) is 0 Å². The molecular weight excluding hydrogens is 292 g/mol. The van der Waals surface area contributed by atoms with Crippen molar-refractivity contribution in [1.29, 1.82) is 0 Å². The molecule has 0 aliphatic rings. The predicted molar refractivity (Wildman–Crippen MR) is 76.2 cm³/mol. The predicted octanol–water partition coefficient (Wildman–Crippen LogP) is 4.35. The van der Waals surface area contributed by atoms with Crippen molar-refractivity contribution in [2.24, 2.45) is 0 Å². The summed E-state index contributed by atoms with van der Waals surface area (Å²) in [6.07, 6.45) is 0. The number of hydrogen-bond acceptors (Lipinski definition) is 2. The zero-order valence-corrected chi connectivity index (χ0v) is 12.0. The van der Waals surface area contributed by atoms with Gasteiger partial charge in [-0.2, -0.15) is 0 Å². The molecule has 0 fully saturated rings. The second-order valence-electron chi connectivity index (χ2n) is 4.03. The van der Waals surface area contributed by atoms with Gasteiger partial charge in [0.25, 0.3) is 0 Å². The molecule has 0 saturated heterocycles. The Morgan fingerprint density at radius 1 is 1.06 bits per heavy atom. The van der Waals surface area contributed by atoms with Gasteiger partial charge >= 0.3 is 0 Å². The fraction of sp³-hybridized carbons (Fsp3) is 0.200. The van der Waals surface area contributed by atoms with Gasteiger partial charge in [-0.05, 0) is 30.2 Å². The highest BCUT2D eigenvalue weighted by Crippen LogP contribution is 2.33. The lowest BCUT2D eigenvalue weighted by atomic mass is 10.2. The first-order valence-corrected chi connectivity index (χ1v) is 6.51. The summed E-state index contributed by atoms with van der Waals surface area (Å²) in [6, 6.07) is 14.0. The molecule has 2 aromatic rings. The normalized spacial score (nSPS) is 10.2. The van der Waals surface area contributed by atoms with Crippen LogP contribution >= 0.6 is 15.9 Å². The highest BCUT2D eigenvalue weighted by molar-refractivity contribution is 9.10. The van der Waals surface area contributed by atoms with Crippen molar-refractivity contribution in [3.8, 4) is 11.5 Å². The molecule has 0 aliphatic carbocycles. The zero-order chi connectivity index (χ0) is 13.0. The van der Waals surface area contributed by atoms with E-state index >= 15 is 0 Å². The number of hydrogen-bond donors (Lipinski definition) is 0. The van der Waals surface area contributed by atoms with Crippen LogP contribution in [0.4, 0.5) is 0 Å². The van der Waals surface area contributed by atoms with Gasteiger partial charge in [0.15, 0.2) is 11.5 Å². The Bertz CT molecular complexity index is 524. The molecular formula is C15H15BrO2. The van der Waals surface area contributed by atoms with Crippen LogP contribution in [0.3, 0.4) is 0 Å². The van der Waals surface area contributed by atoms with Crippen LogP contribution in [0, 0.1) is 6.92 Å². The zero-order valence-electron chi connectivity index (χ0n) is 10.4. The molecule has 2 nitrogen and oxygen atoms in total. The minimum absolute atomic E-state index is 0.534. The molecule has 0 unspecified atom stereocenters. The minimum atomic E-state index is 0.534. The Morgan fingerprint density at radius 2 is 1.78 bits per heavy atom. The second kappa shape index (κ2) is 5.91. The van der Waals surface area contributed by atoms with Gasteiger partial charge in [0.1, 0.15) is 6.61 Å². The van der Waals surface area contributed by atoms with Crippen molar-refractivity contribution in [1.82, 2.24) is 0 Å². The van der Waals surface area contributed by atoms with Gasteiger partial charge in [-0.15, -0.1) is 0 Å². The van der Waals surface area contributed by atoms with Crippen molar-refractivity contribution in [2.45, 2.75) is 13.5 Å². The molecule has 0 spiro atoms. The fourth-order valence-electron chi connectivity index (χ4n) is 1.64. The maximum atomic E-state index is 5.79. The maximum Gasteiger partial charge on any atom is 0.162 e. The van der Waals surface area contributed by atoms with Crippen molar-refractivity contribution < 1.29 is 9.47 Å². The first-order valence-electron chi connectivity index (χ1n) is 5.71. The maximum absolute atomic E-state index is 5.79. The van der Waals surface area contributed by atoms with E-state index < -0.39 is 0 Å². The molecule has 0 aromatic heterocycles. The Kier molecular flexibility index (Phi) is 4.26.